The number of nitrogens with one attached hydrogen (secondary N) is 1. The Labute approximate surface area is 114 Å². The fourth-order valence-electron chi connectivity index (χ4n) is 2.86. The Hall–Kier alpha value is -1.93. The highest BCUT2D eigenvalue weighted by Gasteiger charge is 2.30. The monoisotopic (exact) mass is 279 g/mol. The minimum Gasteiger partial charge on any atom is -0.396 e. The van der Waals surface area contributed by atoms with Gasteiger partial charge < -0.3 is 20.5 Å². The molecule has 2 aromatic rings. The van der Waals surface area contributed by atoms with Crippen molar-refractivity contribution in [3.05, 3.63) is 16.7 Å². The van der Waals surface area contributed by atoms with E-state index in [-0.39, 0.29) is 35.6 Å². The van der Waals surface area contributed by atoms with Crippen molar-refractivity contribution in [2.24, 2.45) is 5.92 Å². The highest BCUT2D eigenvalue weighted by atomic mass is 16.3. The first-order valence-electron chi connectivity index (χ1n) is 6.61. The Morgan fingerprint density at radius 1 is 1.50 bits per heavy atom. The maximum absolute atomic E-state index is 11.7. The molecule has 1 saturated carbocycles. The van der Waals surface area contributed by atoms with Gasteiger partial charge in [-0.2, -0.15) is 4.98 Å². The molecule has 108 valence electrons. The van der Waals surface area contributed by atoms with Gasteiger partial charge in [0.1, 0.15) is 0 Å². The van der Waals surface area contributed by atoms with Crippen LogP contribution in [0.2, 0.25) is 0 Å². The Morgan fingerprint density at radius 3 is 3.00 bits per heavy atom. The first kappa shape index (κ1) is 13.1. The van der Waals surface area contributed by atoms with E-state index in [1.54, 1.807) is 10.9 Å². The first-order chi connectivity index (χ1) is 9.60. The molecule has 3 atom stereocenters. The second kappa shape index (κ2) is 4.88. The summed E-state index contributed by atoms with van der Waals surface area (Å²) in [5.74, 6) is -0.0312. The SMILES string of the molecule is Nc1nc2c(ncn2[C@@H]2CC[C@H](CO)[C@@H](O)C2)c(=O)[nH]1. The second-order valence-corrected chi connectivity index (χ2v) is 5.25. The number of nitrogen functional groups attached to an aromatic ring is 1. The van der Waals surface area contributed by atoms with E-state index in [4.69, 9.17) is 10.8 Å². The van der Waals surface area contributed by atoms with Gasteiger partial charge in [0.05, 0.1) is 12.4 Å². The Kier molecular flexibility index (Phi) is 3.19. The van der Waals surface area contributed by atoms with Gasteiger partial charge in [-0.05, 0) is 19.3 Å². The van der Waals surface area contributed by atoms with Gasteiger partial charge in [0, 0.05) is 18.6 Å². The lowest BCUT2D eigenvalue weighted by molar-refractivity contribution is 0.0189. The van der Waals surface area contributed by atoms with Crippen molar-refractivity contribution in [3.8, 4) is 0 Å². The number of hydrogen-bond acceptors (Lipinski definition) is 6. The second-order valence-electron chi connectivity index (χ2n) is 5.25. The van der Waals surface area contributed by atoms with E-state index in [1.807, 2.05) is 0 Å². The van der Waals surface area contributed by atoms with Crippen LogP contribution in [0.5, 0.6) is 0 Å². The molecule has 0 spiro atoms. The van der Waals surface area contributed by atoms with Crippen LogP contribution in [0.3, 0.4) is 0 Å². The van der Waals surface area contributed by atoms with Crippen LogP contribution in [0.1, 0.15) is 25.3 Å². The van der Waals surface area contributed by atoms with E-state index >= 15 is 0 Å². The molecule has 0 unspecified atom stereocenters. The van der Waals surface area contributed by atoms with Crippen molar-refractivity contribution in [1.29, 1.82) is 0 Å². The van der Waals surface area contributed by atoms with Crippen molar-refractivity contribution < 1.29 is 10.2 Å². The third-order valence-corrected chi connectivity index (χ3v) is 4.01. The molecule has 0 bridgehead atoms. The number of aliphatic hydroxyl groups excluding tert-OH is 2. The molecule has 8 heteroatoms. The van der Waals surface area contributed by atoms with Crippen molar-refractivity contribution >= 4 is 17.1 Å². The molecular formula is C12H17N5O3. The molecule has 1 aliphatic carbocycles. The highest BCUT2D eigenvalue weighted by Crippen LogP contribution is 2.33. The summed E-state index contributed by atoms with van der Waals surface area (Å²) in [6.07, 6.45) is 3.02. The summed E-state index contributed by atoms with van der Waals surface area (Å²) >= 11 is 0. The minimum absolute atomic E-state index is 0.00602. The lowest BCUT2D eigenvalue weighted by Crippen LogP contribution is -2.32. The summed E-state index contributed by atoms with van der Waals surface area (Å²) in [6.45, 7) is -0.0105. The average Bonchev–Trinajstić information content (AvgIpc) is 2.82. The van der Waals surface area contributed by atoms with Crippen molar-refractivity contribution in [2.75, 3.05) is 12.3 Å². The van der Waals surface area contributed by atoms with Crippen LogP contribution in [0.15, 0.2) is 11.1 Å². The van der Waals surface area contributed by atoms with Crippen LogP contribution in [0.4, 0.5) is 5.95 Å². The summed E-state index contributed by atoms with van der Waals surface area (Å²) in [7, 11) is 0. The number of imidazole rings is 1. The number of nitrogens with zero attached hydrogens (tertiary/aromatic N) is 3. The quantitative estimate of drug-likeness (QED) is 0.580. The zero-order chi connectivity index (χ0) is 14.3. The fraction of sp³-hybridized carbons (Fsp3) is 0.583. The third kappa shape index (κ3) is 2.06. The van der Waals surface area contributed by atoms with Gasteiger partial charge in [-0.3, -0.25) is 9.78 Å². The van der Waals surface area contributed by atoms with Crippen LogP contribution < -0.4 is 11.3 Å². The minimum atomic E-state index is -0.560. The number of anilines is 1. The smallest absolute Gasteiger partial charge is 0.280 e. The summed E-state index contributed by atoms with van der Waals surface area (Å²) in [6, 6.07) is 0.00602. The van der Waals surface area contributed by atoms with Gasteiger partial charge in [-0.25, -0.2) is 4.98 Å². The lowest BCUT2D eigenvalue weighted by atomic mass is 9.84. The Bertz CT molecular complexity index is 679. The molecule has 2 aromatic heterocycles. The molecule has 0 aromatic carbocycles. The van der Waals surface area contributed by atoms with Gasteiger partial charge in [0.25, 0.3) is 5.56 Å². The number of hydrogen-bond donors (Lipinski definition) is 4. The number of nitrogens with two attached hydrogens (primary N) is 1. The Balaban J connectivity index is 1.97. The van der Waals surface area contributed by atoms with Crippen LogP contribution in [-0.4, -0.2) is 42.4 Å². The van der Waals surface area contributed by atoms with Gasteiger partial charge in [-0.1, -0.05) is 0 Å². The number of rotatable bonds is 2. The van der Waals surface area contributed by atoms with E-state index in [0.29, 0.717) is 12.1 Å². The molecule has 0 radical (unpaired) electrons. The molecule has 5 N–H and O–H groups in total. The molecule has 0 saturated heterocycles. The molecule has 8 nitrogen and oxygen atoms in total. The number of fused-ring (bicyclic) bond motifs is 1. The van der Waals surface area contributed by atoms with E-state index in [0.717, 1.165) is 12.8 Å². The zero-order valence-electron chi connectivity index (χ0n) is 10.9. The largest absolute Gasteiger partial charge is 0.396 e. The van der Waals surface area contributed by atoms with E-state index < -0.39 is 6.10 Å². The summed E-state index contributed by atoms with van der Waals surface area (Å²) in [5, 5.41) is 19.2. The normalized spacial score (nSPS) is 27.0. The molecule has 0 amide bonds. The number of aliphatic hydroxyl groups is 2. The maximum atomic E-state index is 11.7. The van der Waals surface area contributed by atoms with Crippen molar-refractivity contribution in [3.63, 3.8) is 0 Å². The molecule has 1 fully saturated rings. The van der Waals surface area contributed by atoms with Gasteiger partial charge in [0.15, 0.2) is 11.2 Å². The molecule has 3 rings (SSSR count). The van der Waals surface area contributed by atoms with Crippen LogP contribution >= 0.6 is 0 Å². The van der Waals surface area contributed by atoms with Gasteiger partial charge in [0.2, 0.25) is 5.95 Å². The van der Waals surface area contributed by atoms with E-state index in [1.165, 1.54) is 0 Å². The number of H-pyrrole nitrogens is 1. The van der Waals surface area contributed by atoms with Crippen LogP contribution in [0.25, 0.3) is 11.2 Å². The number of aromatic nitrogens is 4. The third-order valence-electron chi connectivity index (χ3n) is 4.01. The molecule has 1 aliphatic rings. The Morgan fingerprint density at radius 2 is 2.30 bits per heavy atom. The van der Waals surface area contributed by atoms with Gasteiger partial charge >= 0.3 is 0 Å². The average molecular weight is 279 g/mol. The van der Waals surface area contributed by atoms with Crippen LogP contribution in [-0.2, 0) is 0 Å². The van der Waals surface area contributed by atoms with E-state index in [9.17, 15) is 9.90 Å². The summed E-state index contributed by atoms with van der Waals surface area (Å²) < 4.78 is 1.79. The van der Waals surface area contributed by atoms with Gasteiger partial charge in [-0.15, -0.1) is 0 Å². The predicted molar refractivity (Wildman–Crippen MR) is 72.0 cm³/mol. The molecule has 2 heterocycles. The molecular weight excluding hydrogens is 262 g/mol. The number of aromatic amines is 1. The van der Waals surface area contributed by atoms with E-state index in [2.05, 4.69) is 15.0 Å². The first-order valence-corrected chi connectivity index (χ1v) is 6.61. The summed E-state index contributed by atoms with van der Waals surface area (Å²) in [4.78, 5) is 22.3. The highest BCUT2D eigenvalue weighted by molar-refractivity contribution is 5.70. The molecule has 20 heavy (non-hydrogen) atoms. The lowest BCUT2D eigenvalue weighted by Gasteiger charge is -2.32. The van der Waals surface area contributed by atoms with Crippen LogP contribution in [0, 0.1) is 5.92 Å². The standard InChI is InChI=1S/C12H17N5O3/c13-12-15-10-9(11(20)16-12)14-5-17(10)7-2-1-6(4-18)8(19)3-7/h5-8,18-19H,1-4H2,(H3,13,15,16,20)/t6-,7-,8+/m1/s1. The van der Waals surface area contributed by atoms with Crippen molar-refractivity contribution in [2.45, 2.75) is 31.4 Å². The van der Waals surface area contributed by atoms with Crippen molar-refractivity contribution in [1.82, 2.24) is 19.5 Å². The maximum Gasteiger partial charge on any atom is 0.280 e. The zero-order valence-corrected chi connectivity index (χ0v) is 10.9. The predicted octanol–water partition coefficient (Wildman–Crippen LogP) is -0.604. The topological polar surface area (TPSA) is 130 Å². The summed E-state index contributed by atoms with van der Waals surface area (Å²) in [5.41, 5.74) is 5.88. The fourth-order valence-corrected chi connectivity index (χ4v) is 2.86. The molecule has 0 aliphatic heterocycles.